The first-order valence-electron chi connectivity index (χ1n) is 6.06. The number of ether oxygens (including phenoxy) is 2. The largest absolute Gasteiger partial charge is 0.493 e. The summed E-state index contributed by atoms with van der Waals surface area (Å²) in [6.07, 6.45) is 0. The quantitative estimate of drug-likeness (QED) is 0.918. The van der Waals surface area contributed by atoms with Crippen molar-refractivity contribution in [2.75, 3.05) is 19.5 Å². The van der Waals surface area contributed by atoms with Crippen molar-refractivity contribution in [1.82, 2.24) is 0 Å². The molecule has 0 bridgehead atoms. The molecule has 0 fully saturated rings. The van der Waals surface area contributed by atoms with Gasteiger partial charge in [-0.1, -0.05) is 36.0 Å². The van der Waals surface area contributed by atoms with Crippen LogP contribution in [-0.4, -0.2) is 14.2 Å². The fourth-order valence-electron chi connectivity index (χ4n) is 2.25. The summed E-state index contributed by atoms with van der Waals surface area (Å²) < 4.78 is 10.9. The average molecular weight is 273 g/mol. The van der Waals surface area contributed by atoms with E-state index in [1.807, 2.05) is 18.2 Å². The van der Waals surface area contributed by atoms with Gasteiger partial charge in [-0.3, -0.25) is 0 Å². The maximum absolute atomic E-state index is 5.50. The lowest BCUT2D eigenvalue weighted by Gasteiger charge is -2.17. The topological polar surface area (TPSA) is 30.5 Å². The molecule has 0 aromatic heterocycles. The van der Waals surface area contributed by atoms with Crippen LogP contribution in [0.1, 0.15) is 10.9 Å². The lowest BCUT2D eigenvalue weighted by atomic mass is 10.1. The van der Waals surface area contributed by atoms with Crippen LogP contribution >= 0.6 is 11.8 Å². The van der Waals surface area contributed by atoms with Crippen molar-refractivity contribution in [3.63, 3.8) is 0 Å². The first kappa shape index (κ1) is 12.2. The van der Waals surface area contributed by atoms with Crippen LogP contribution in [0.25, 0.3) is 0 Å². The predicted molar refractivity (Wildman–Crippen MR) is 78.2 cm³/mol. The molecule has 2 aromatic carbocycles. The Morgan fingerprint density at radius 3 is 2.58 bits per heavy atom. The maximum atomic E-state index is 5.50. The standard InChI is InChI=1S/C15H15NO2S/c1-17-12-8-5-6-10(14(12)18-2)15-16-11-7-3-4-9-13(11)19-15/h3-9,15-16H,1-2H3/t15-/m0/s1. The molecule has 0 saturated carbocycles. The molecular weight excluding hydrogens is 258 g/mol. The van der Waals surface area contributed by atoms with E-state index in [2.05, 4.69) is 29.6 Å². The molecule has 3 nitrogen and oxygen atoms in total. The molecule has 2 aromatic rings. The third kappa shape index (κ3) is 2.12. The van der Waals surface area contributed by atoms with Crippen LogP contribution < -0.4 is 14.8 Å². The second kappa shape index (κ2) is 5.05. The Morgan fingerprint density at radius 2 is 1.84 bits per heavy atom. The Hall–Kier alpha value is -1.81. The van der Waals surface area contributed by atoms with E-state index in [1.54, 1.807) is 26.0 Å². The molecule has 1 aliphatic rings. The number of methoxy groups -OCH3 is 2. The molecule has 0 aliphatic carbocycles. The molecule has 0 saturated heterocycles. The molecule has 0 spiro atoms. The fraction of sp³-hybridized carbons (Fsp3) is 0.200. The van der Waals surface area contributed by atoms with Gasteiger partial charge in [-0.2, -0.15) is 0 Å². The summed E-state index contributed by atoms with van der Waals surface area (Å²) in [5.41, 5.74) is 2.27. The summed E-state index contributed by atoms with van der Waals surface area (Å²) in [5.74, 6) is 1.56. The maximum Gasteiger partial charge on any atom is 0.166 e. The SMILES string of the molecule is COc1cccc([C@H]2Nc3ccccc3S2)c1OC. The molecule has 98 valence electrons. The zero-order valence-electron chi connectivity index (χ0n) is 10.8. The normalized spacial score (nSPS) is 16.6. The Kier molecular flexibility index (Phi) is 3.25. The number of thioether (sulfide) groups is 1. The number of rotatable bonds is 3. The average Bonchev–Trinajstić information content (AvgIpc) is 2.89. The molecule has 0 radical (unpaired) electrons. The first-order valence-corrected chi connectivity index (χ1v) is 6.94. The van der Waals surface area contributed by atoms with Gasteiger partial charge in [0.1, 0.15) is 5.37 Å². The fourth-order valence-corrected chi connectivity index (χ4v) is 3.41. The van der Waals surface area contributed by atoms with Crippen molar-refractivity contribution in [2.45, 2.75) is 10.3 Å². The van der Waals surface area contributed by atoms with Gasteiger partial charge in [0.25, 0.3) is 0 Å². The third-order valence-corrected chi connectivity index (χ3v) is 4.35. The highest BCUT2D eigenvalue weighted by Gasteiger charge is 2.26. The summed E-state index contributed by atoms with van der Waals surface area (Å²) >= 11 is 1.79. The van der Waals surface area contributed by atoms with E-state index in [-0.39, 0.29) is 5.37 Å². The van der Waals surface area contributed by atoms with E-state index >= 15 is 0 Å². The number of para-hydroxylation sites is 2. The van der Waals surface area contributed by atoms with Crippen LogP contribution in [0.5, 0.6) is 11.5 Å². The van der Waals surface area contributed by atoms with Crippen molar-refractivity contribution in [3.05, 3.63) is 48.0 Å². The molecule has 1 aliphatic heterocycles. The van der Waals surface area contributed by atoms with Crippen molar-refractivity contribution in [2.24, 2.45) is 0 Å². The second-order valence-corrected chi connectivity index (χ2v) is 5.37. The minimum Gasteiger partial charge on any atom is -0.493 e. The van der Waals surface area contributed by atoms with Crippen molar-refractivity contribution < 1.29 is 9.47 Å². The van der Waals surface area contributed by atoms with Gasteiger partial charge in [0.2, 0.25) is 0 Å². The molecule has 0 amide bonds. The lowest BCUT2D eigenvalue weighted by molar-refractivity contribution is 0.352. The van der Waals surface area contributed by atoms with Gasteiger partial charge in [0.15, 0.2) is 11.5 Å². The monoisotopic (exact) mass is 273 g/mol. The van der Waals surface area contributed by atoms with Crippen LogP contribution in [0.3, 0.4) is 0 Å². The number of hydrogen-bond donors (Lipinski definition) is 1. The number of benzene rings is 2. The smallest absolute Gasteiger partial charge is 0.166 e. The van der Waals surface area contributed by atoms with Crippen molar-refractivity contribution in [3.8, 4) is 11.5 Å². The van der Waals surface area contributed by atoms with E-state index in [4.69, 9.17) is 9.47 Å². The second-order valence-electron chi connectivity index (χ2n) is 4.22. The Morgan fingerprint density at radius 1 is 1.00 bits per heavy atom. The van der Waals surface area contributed by atoms with E-state index in [1.165, 1.54) is 10.6 Å². The zero-order chi connectivity index (χ0) is 13.2. The molecule has 19 heavy (non-hydrogen) atoms. The Balaban J connectivity index is 1.97. The van der Waals surface area contributed by atoms with E-state index in [0.29, 0.717) is 0 Å². The van der Waals surface area contributed by atoms with E-state index in [0.717, 1.165) is 17.1 Å². The lowest BCUT2D eigenvalue weighted by Crippen LogP contribution is -2.04. The van der Waals surface area contributed by atoms with Gasteiger partial charge in [-0.25, -0.2) is 0 Å². The molecule has 0 unspecified atom stereocenters. The molecule has 3 rings (SSSR count). The summed E-state index contributed by atoms with van der Waals surface area (Å²) in [7, 11) is 3.33. The number of hydrogen-bond acceptors (Lipinski definition) is 4. The Labute approximate surface area is 116 Å². The molecule has 4 heteroatoms. The Bertz CT molecular complexity index is 575. The van der Waals surface area contributed by atoms with Gasteiger partial charge in [0, 0.05) is 16.1 Å². The molecular formula is C15H15NO2S. The molecule has 1 atom stereocenters. The van der Waals surface area contributed by atoms with Crippen LogP contribution in [0.15, 0.2) is 47.4 Å². The third-order valence-electron chi connectivity index (χ3n) is 3.13. The minimum atomic E-state index is 0.155. The highest BCUT2D eigenvalue weighted by molar-refractivity contribution is 8.00. The van der Waals surface area contributed by atoms with Crippen molar-refractivity contribution >= 4 is 17.4 Å². The highest BCUT2D eigenvalue weighted by atomic mass is 32.2. The summed E-state index contributed by atoms with van der Waals surface area (Å²) in [4.78, 5) is 1.26. The van der Waals surface area contributed by atoms with Gasteiger partial charge in [-0.15, -0.1) is 0 Å². The summed E-state index contributed by atoms with van der Waals surface area (Å²) in [5, 5.41) is 3.66. The van der Waals surface area contributed by atoms with Gasteiger partial charge >= 0.3 is 0 Å². The number of anilines is 1. The number of nitrogens with one attached hydrogen (secondary N) is 1. The van der Waals surface area contributed by atoms with E-state index < -0.39 is 0 Å². The van der Waals surface area contributed by atoms with Crippen LogP contribution in [-0.2, 0) is 0 Å². The summed E-state index contributed by atoms with van der Waals surface area (Å²) in [6, 6.07) is 14.3. The first-order chi connectivity index (χ1) is 9.33. The molecule has 1 N–H and O–H groups in total. The predicted octanol–water partition coefficient (Wildman–Crippen LogP) is 3.92. The van der Waals surface area contributed by atoms with Gasteiger partial charge < -0.3 is 14.8 Å². The van der Waals surface area contributed by atoms with E-state index in [9.17, 15) is 0 Å². The molecule has 1 heterocycles. The zero-order valence-corrected chi connectivity index (χ0v) is 11.7. The van der Waals surface area contributed by atoms with Crippen molar-refractivity contribution in [1.29, 1.82) is 0 Å². The van der Waals surface area contributed by atoms with Gasteiger partial charge in [0.05, 0.1) is 14.2 Å². The van der Waals surface area contributed by atoms with Crippen LogP contribution in [0.4, 0.5) is 5.69 Å². The van der Waals surface area contributed by atoms with Gasteiger partial charge in [-0.05, 0) is 18.2 Å². The van der Waals surface area contributed by atoms with Crippen LogP contribution in [0.2, 0.25) is 0 Å². The number of fused-ring (bicyclic) bond motifs is 1. The minimum absolute atomic E-state index is 0.155. The van der Waals surface area contributed by atoms with Crippen LogP contribution in [0, 0.1) is 0 Å². The summed E-state index contributed by atoms with van der Waals surface area (Å²) in [6.45, 7) is 0. The highest BCUT2D eigenvalue weighted by Crippen LogP contribution is 2.49.